The van der Waals surface area contributed by atoms with Crippen molar-refractivity contribution in [3.8, 4) is 22.3 Å². The summed E-state index contributed by atoms with van der Waals surface area (Å²) >= 11 is 1.36. The Labute approximate surface area is 419 Å². The molecule has 2 radical (unpaired) electrons. The van der Waals surface area contributed by atoms with Gasteiger partial charge in [0, 0.05) is 0 Å². The first-order chi connectivity index (χ1) is 29.6. The van der Waals surface area contributed by atoms with Gasteiger partial charge in [0.2, 0.25) is 0 Å². The van der Waals surface area contributed by atoms with E-state index in [1.165, 1.54) is 220 Å². The summed E-state index contributed by atoms with van der Waals surface area (Å²) in [5.41, 5.74) is 14.6. The standard InChI is InChI=1S/2C29H35.2CH3.2ClH.Si.Zr/c2*1-21-12-17-27(26-15-13-25(14-16-26)24-10-6-3-7-11-24)29-20-23(19-28(21)29)18-22-8-4-2-5-9-22;;;;;;/h2*12-17,19-20,22,24H,2-11,18H2,1H3;2*1H3;2*1H;;/q4*-1;;;;. The minimum absolute atomic E-state index is 0. The van der Waals surface area contributed by atoms with E-state index in [2.05, 4.69) is 118 Å². The van der Waals surface area contributed by atoms with Crippen LogP contribution in [0.4, 0.5) is 0 Å². The molecule has 6 aromatic rings. The molecule has 10 rings (SSSR count). The molecular formula is C60H78Cl2SiZr-4. The molecule has 0 unspecified atom stereocenters. The van der Waals surface area contributed by atoms with E-state index >= 15 is 0 Å². The Morgan fingerprint density at radius 1 is 0.438 bits per heavy atom. The van der Waals surface area contributed by atoms with Gasteiger partial charge in [-0.15, -0.1) is 92.9 Å². The molecule has 6 aromatic carbocycles. The predicted octanol–water partition coefficient (Wildman–Crippen LogP) is 18.8. The van der Waals surface area contributed by atoms with Gasteiger partial charge in [-0.25, -0.2) is 0 Å². The van der Waals surface area contributed by atoms with Crippen molar-refractivity contribution in [1.29, 1.82) is 0 Å². The van der Waals surface area contributed by atoms with Crippen LogP contribution >= 0.6 is 24.8 Å². The van der Waals surface area contributed by atoms with Crippen molar-refractivity contribution in [2.75, 3.05) is 0 Å². The van der Waals surface area contributed by atoms with Gasteiger partial charge in [-0.2, -0.15) is 12.1 Å². The summed E-state index contributed by atoms with van der Waals surface area (Å²) < 4.78 is 0. The predicted molar refractivity (Wildman–Crippen MR) is 285 cm³/mol. The Hall–Kier alpha value is -2.22. The summed E-state index contributed by atoms with van der Waals surface area (Å²) in [4.78, 5) is 0. The molecule has 4 saturated carbocycles. The van der Waals surface area contributed by atoms with Gasteiger partial charge in [0.15, 0.2) is 0 Å². The quantitative estimate of drug-likeness (QED) is 0.105. The van der Waals surface area contributed by atoms with Crippen LogP contribution in [0.1, 0.15) is 174 Å². The molecule has 0 heterocycles. The van der Waals surface area contributed by atoms with E-state index in [0.29, 0.717) is 0 Å². The number of fused-ring (bicyclic) bond motifs is 2. The molecule has 0 nitrogen and oxygen atoms in total. The zero-order valence-corrected chi connectivity index (χ0v) is 45.0. The van der Waals surface area contributed by atoms with Crippen LogP contribution in [0, 0.1) is 40.5 Å². The summed E-state index contributed by atoms with van der Waals surface area (Å²) in [5.74, 6) is 3.38. The first kappa shape index (κ1) is 54.4. The molecule has 4 aliphatic carbocycles. The first-order valence-electron chi connectivity index (χ1n) is 24.4. The van der Waals surface area contributed by atoms with Crippen molar-refractivity contribution in [2.24, 2.45) is 11.8 Å². The van der Waals surface area contributed by atoms with Crippen LogP contribution < -0.4 is 0 Å². The molecule has 64 heavy (non-hydrogen) atoms. The van der Waals surface area contributed by atoms with Crippen molar-refractivity contribution in [1.82, 2.24) is 0 Å². The number of hydrogen-bond donors (Lipinski definition) is 0. The topological polar surface area (TPSA) is 0 Å². The maximum absolute atomic E-state index is 3.06. The zero-order valence-electron chi connectivity index (χ0n) is 39.9. The van der Waals surface area contributed by atoms with Gasteiger partial charge in [0.25, 0.3) is 0 Å². The van der Waals surface area contributed by atoms with Crippen LogP contribution in [-0.4, -0.2) is 6.88 Å². The van der Waals surface area contributed by atoms with Gasteiger partial charge < -0.3 is 14.9 Å². The molecule has 0 saturated heterocycles. The third-order valence-electron chi connectivity index (χ3n) is 15.4. The van der Waals surface area contributed by atoms with Crippen LogP contribution in [0.15, 0.2) is 97.1 Å². The summed E-state index contributed by atoms with van der Waals surface area (Å²) in [6, 6.07) is 38.4. The van der Waals surface area contributed by atoms with Crippen LogP contribution in [0.2, 0.25) is 0 Å². The molecular weight excluding hydrogens is 911 g/mol. The maximum atomic E-state index is 3.06. The van der Waals surface area contributed by atoms with Gasteiger partial charge in [0.05, 0.1) is 0 Å². The molecule has 4 heteroatoms. The Balaban J connectivity index is 0.000000255. The Morgan fingerprint density at radius 2 is 0.750 bits per heavy atom. The second-order valence-corrected chi connectivity index (χ2v) is 19.6. The van der Waals surface area contributed by atoms with Crippen molar-refractivity contribution in [3.63, 3.8) is 0 Å². The van der Waals surface area contributed by atoms with Crippen molar-refractivity contribution in [3.05, 3.63) is 145 Å². The number of aryl methyl sites for hydroxylation is 2. The van der Waals surface area contributed by atoms with Gasteiger partial charge in [-0.3, -0.25) is 0 Å². The van der Waals surface area contributed by atoms with E-state index < -0.39 is 0 Å². The number of benzene rings is 4. The molecule has 0 aliphatic heterocycles. The van der Waals surface area contributed by atoms with Crippen LogP contribution in [-0.2, 0) is 36.2 Å². The fourth-order valence-corrected chi connectivity index (χ4v) is 11.9. The molecule has 4 aliphatic rings. The third-order valence-corrected chi connectivity index (χ3v) is 15.4. The molecule has 0 aromatic heterocycles. The van der Waals surface area contributed by atoms with Crippen LogP contribution in [0.5, 0.6) is 0 Å². The Morgan fingerprint density at radius 3 is 1.08 bits per heavy atom. The summed E-state index contributed by atoms with van der Waals surface area (Å²) in [6.45, 7) is 7.60. The van der Waals surface area contributed by atoms with Crippen molar-refractivity contribution in [2.45, 2.75) is 167 Å². The van der Waals surface area contributed by atoms with E-state index in [-0.39, 0.29) is 39.7 Å². The first-order valence-corrected chi connectivity index (χ1v) is 28.6. The molecule has 344 valence electrons. The zero-order chi connectivity index (χ0) is 41.3. The van der Waals surface area contributed by atoms with E-state index in [0.717, 1.165) is 23.7 Å². The normalized spacial score (nSPS) is 17.3. The van der Waals surface area contributed by atoms with Gasteiger partial charge in [-0.1, -0.05) is 188 Å². The van der Waals surface area contributed by atoms with Crippen molar-refractivity contribution >= 4 is 53.2 Å². The second kappa shape index (κ2) is 26.9. The van der Waals surface area contributed by atoms with Crippen LogP contribution in [0.25, 0.3) is 43.8 Å². The van der Waals surface area contributed by atoms with Crippen LogP contribution in [0.3, 0.4) is 0 Å². The van der Waals surface area contributed by atoms with E-state index in [9.17, 15) is 0 Å². The SMILES string of the molecule is Cc1ccc(-c2ccc(C3CCCCC3)cc2)c2cc(CC3CCCCC3)[cH-]c12.Cc1ccc(-c2ccc(C3CCCCC3)cc2)c2cc(CC3CCCCC3)[cH-]c12.Cl.Cl.[CH3-].[CH3-].[Si]=[Zr]. The Kier molecular flexibility index (Phi) is 22.9. The number of hydrogen-bond acceptors (Lipinski definition) is 0. The minimum atomic E-state index is 0. The van der Waals surface area contributed by atoms with Crippen molar-refractivity contribution < 1.29 is 23.3 Å². The average Bonchev–Trinajstić information content (AvgIpc) is 3.95. The molecule has 4 fully saturated rings. The fourth-order valence-electron chi connectivity index (χ4n) is 11.9. The average molecular weight is 989 g/mol. The third kappa shape index (κ3) is 13.5. The van der Waals surface area contributed by atoms with E-state index in [4.69, 9.17) is 0 Å². The Bertz CT molecular complexity index is 2090. The number of rotatable bonds is 8. The summed E-state index contributed by atoms with van der Waals surface area (Å²) in [6.07, 6.45) is 30.9. The molecule has 0 spiro atoms. The van der Waals surface area contributed by atoms with Gasteiger partial charge in [0.1, 0.15) is 0 Å². The molecule has 0 N–H and O–H groups in total. The van der Waals surface area contributed by atoms with E-state index in [1.54, 1.807) is 22.3 Å². The van der Waals surface area contributed by atoms with Gasteiger partial charge >= 0.3 is 30.2 Å². The molecule has 0 atom stereocenters. The molecule has 0 amide bonds. The second-order valence-electron chi connectivity index (χ2n) is 19.6. The van der Waals surface area contributed by atoms with E-state index in [1.807, 2.05) is 0 Å². The monoisotopic (exact) mass is 986 g/mol. The fraction of sp³-hybridized carbons (Fsp3) is 0.467. The summed E-state index contributed by atoms with van der Waals surface area (Å²) in [5, 5.41) is 5.84. The molecule has 0 bridgehead atoms. The summed E-state index contributed by atoms with van der Waals surface area (Å²) in [7, 11) is 0. The van der Waals surface area contributed by atoms with Gasteiger partial charge in [-0.05, 0) is 84.5 Å². The number of halogens is 2.